The Morgan fingerprint density at radius 3 is 1.68 bits per heavy atom. The van der Waals surface area contributed by atoms with Gasteiger partial charge in [0, 0.05) is 0 Å². The summed E-state index contributed by atoms with van der Waals surface area (Å²) in [7, 11) is 0. The van der Waals surface area contributed by atoms with Gasteiger partial charge in [-0.2, -0.15) is 0 Å². The van der Waals surface area contributed by atoms with Gasteiger partial charge in [-0.15, -0.1) is 0 Å². The molecule has 0 aromatic heterocycles. The van der Waals surface area contributed by atoms with E-state index in [-0.39, 0.29) is 0 Å². The first kappa shape index (κ1) is 29.6. The maximum absolute atomic E-state index is 10.7. The lowest BCUT2D eigenvalue weighted by Crippen LogP contribution is -2.65. The number of hydrogen-bond donors (Lipinski definition) is 12. The molecule has 0 saturated carbocycles. The summed E-state index contributed by atoms with van der Waals surface area (Å²) >= 11 is 0. The van der Waals surface area contributed by atoms with Gasteiger partial charge >= 0.3 is 0 Å². The average molecular weight is 506 g/mol. The zero-order valence-electron chi connectivity index (χ0n) is 17.9. The standard InChI is InChI=1S/C18H34O16/c19-1-5(23)9(25)15(6(24)2-20)33-18-14(30)16(11(27)8(4-22)32-18)34-17-13(29)12(28)10(26)7(3-21)31-17/h5-30H,1-4H2/t5?,6?,7?,8?,9-,10-,11-,12+,13?,14?,15-,16+,17-,18+/m1/s1. The maximum atomic E-state index is 10.7. The smallest absolute Gasteiger partial charge is 0.187 e. The van der Waals surface area contributed by atoms with E-state index < -0.39 is 112 Å². The van der Waals surface area contributed by atoms with E-state index in [2.05, 4.69) is 0 Å². The molecular formula is C18H34O16. The number of ether oxygens (including phenoxy) is 4. The molecule has 16 heteroatoms. The van der Waals surface area contributed by atoms with Crippen LogP contribution in [0.1, 0.15) is 0 Å². The molecule has 202 valence electrons. The van der Waals surface area contributed by atoms with Crippen molar-refractivity contribution < 1.29 is 80.2 Å². The quantitative estimate of drug-likeness (QED) is 0.124. The highest BCUT2D eigenvalue weighted by molar-refractivity contribution is 4.95. The molecule has 14 atom stereocenters. The molecule has 0 bridgehead atoms. The molecule has 0 aliphatic carbocycles. The van der Waals surface area contributed by atoms with Gasteiger partial charge in [-0.05, 0) is 0 Å². The van der Waals surface area contributed by atoms with E-state index in [1.54, 1.807) is 0 Å². The van der Waals surface area contributed by atoms with Gasteiger partial charge in [-0.25, -0.2) is 0 Å². The number of aliphatic hydroxyl groups excluding tert-OH is 12. The topological polar surface area (TPSA) is 280 Å². The van der Waals surface area contributed by atoms with Crippen molar-refractivity contribution in [3.05, 3.63) is 0 Å². The van der Waals surface area contributed by atoms with Crippen LogP contribution in [0.2, 0.25) is 0 Å². The molecule has 0 aromatic rings. The maximum Gasteiger partial charge on any atom is 0.187 e. The van der Waals surface area contributed by atoms with Crippen molar-refractivity contribution in [1.82, 2.24) is 0 Å². The van der Waals surface area contributed by atoms with Gasteiger partial charge in [0.1, 0.15) is 73.2 Å². The van der Waals surface area contributed by atoms with Crippen molar-refractivity contribution in [2.75, 3.05) is 26.4 Å². The van der Waals surface area contributed by atoms with Crippen LogP contribution in [0.5, 0.6) is 0 Å². The Hall–Kier alpha value is -0.640. The van der Waals surface area contributed by atoms with Crippen molar-refractivity contribution in [3.63, 3.8) is 0 Å². The normalized spacial score (nSPS) is 42.7. The predicted molar refractivity (Wildman–Crippen MR) is 103 cm³/mol. The third-order valence-corrected chi connectivity index (χ3v) is 5.74. The Morgan fingerprint density at radius 1 is 0.618 bits per heavy atom. The first-order valence-corrected chi connectivity index (χ1v) is 10.5. The van der Waals surface area contributed by atoms with Crippen molar-refractivity contribution in [1.29, 1.82) is 0 Å². The van der Waals surface area contributed by atoms with E-state index in [4.69, 9.17) is 24.1 Å². The Balaban J connectivity index is 2.24. The summed E-state index contributed by atoms with van der Waals surface area (Å²) < 4.78 is 21.1. The fourth-order valence-corrected chi connectivity index (χ4v) is 3.65. The summed E-state index contributed by atoms with van der Waals surface area (Å²) in [5, 5.41) is 118. The van der Waals surface area contributed by atoms with E-state index >= 15 is 0 Å². The van der Waals surface area contributed by atoms with Crippen molar-refractivity contribution >= 4 is 0 Å². The molecule has 2 rings (SSSR count). The lowest BCUT2D eigenvalue weighted by molar-refractivity contribution is -0.369. The van der Waals surface area contributed by atoms with Crippen LogP contribution in [-0.2, 0) is 18.9 Å². The zero-order valence-corrected chi connectivity index (χ0v) is 17.9. The van der Waals surface area contributed by atoms with Crippen molar-refractivity contribution in [3.8, 4) is 0 Å². The first-order chi connectivity index (χ1) is 16.0. The van der Waals surface area contributed by atoms with Gasteiger partial charge in [0.05, 0.1) is 26.4 Å². The highest BCUT2D eigenvalue weighted by atomic mass is 16.7. The summed E-state index contributed by atoms with van der Waals surface area (Å²) in [6.07, 6.45) is -24.9. The summed E-state index contributed by atoms with van der Waals surface area (Å²) in [4.78, 5) is 0. The highest BCUT2D eigenvalue weighted by Crippen LogP contribution is 2.30. The SMILES string of the molecule is OCC1O[C@H](O[C@@H]2C(O)[C@H](O[C@H](C(O)CO)[C@H](O)C(O)CO)OC(CO)[C@H]2O)C(O)[C@@H](O)[C@@H]1O. The van der Waals surface area contributed by atoms with E-state index in [9.17, 15) is 56.2 Å². The molecule has 0 aromatic carbocycles. The van der Waals surface area contributed by atoms with Crippen molar-refractivity contribution in [2.24, 2.45) is 0 Å². The molecule has 2 aliphatic rings. The lowest BCUT2D eigenvalue weighted by Gasteiger charge is -2.46. The van der Waals surface area contributed by atoms with E-state index in [0.29, 0.717) is 0 Å². The van der Waals surface area contributed by atoms with Gasteiger partial charge < -0.3 is 80.2 Å². The van der Waals surface area contributed by atoms with Crippen molar-refractivity contribution in [2.45, 2.75) is 85.8 Å². The van der Waals surface area contributed by atoms with Gasteiger partial charge in [0.15, 0.2) is 12.6 Å². The minimum atomic E-state index is -1.98. The predicted octanol–water partition coefficient (Wildman–Crippen LogP) is -7.94. The number of aliphatic hydroxyl groups is 12. The second kappa shape index (κ2) is 13.1. The van der Waals surface area contributed by atoms with Crippen LogP contribution in [0, 0.1) is 0 Å². The Bertz CT molecular complexity index is 596. The van der Waals surface area contributed by atoms with E-state index in [0.717, 1.165) is 0 Å². The molecule has 2 saturated heterocycles. The molecule has 2 heterocycles. The van der Waals surface area contributed by atoms with Crippen LogP contribution in [0.25, 0.3) is 0 Å². The van der Waals surface area contributed by atoms with Gasteiger partial charge in [-0.1, -0.05) is 0 Å². The Morgan fingerprint density at radius 2 is 1.15 bits per heavy atom. The molecule has 6 unspecified atom stereocenters. The monoisotopic (exact) mass is 506 g/mol. The molecule has 34 heavy (non-hydrogen) atoms. The summed E-state index contributed by atoms with van der Waals surface area (Å²) in [6.45, 7) is -3.55. The van der Waals surface area contributed by atoms with E-state index in [1.807, 2.05) is 0 Å². The van der Waals surface area contributed by atoms with Crippen LogP contribution >= 0.6 is 0 Å². The van der Waals surface area contributed by atoms with Crippen LogP contribution in [0.3, 0.4) is 0 Å². The molecule has 16 nitrogen and oxygen atoms in total. The van der Waals surface area contributed by atoms with Crippen LogP contribution in [-0.4, -0.2) is 174 Å². The Labute approximate surface area is 193 Å². The first-order valence-electron chi connectivity index (χ1n) is 10.5. The highest BCUT2D eigenvalue weighted by Gasteiger charge is 2.52. The van der Waals surface area contributed by atoms with E-state index in [1.165, 1.54) is 0 Å². The minimum absolute atomic E-state index is 0.777. The molecular weight excluding hydrogens is 472 g/mol. The molecule has 2 fully saturated rings. The fraction of sp³-hybridized carbons (Fsp3) is 1.00. The summed E-state index contributed by atoms with van der Waals surface area (Å²) in [5.41, 5.74) is 0. The minimum Gasteiger partial charge on any atom is -0.394 e. The molecule has 2 aliphatic heterocycles. The largest absolute Gasteiger partial charge is 0.394 e. The third-order valence-electron chi connectivity index (χ3n) is 5.74. The second-order valence-electron chi connectivity index (χ2n) is 8.10. The van der Waals surface area contributed by atoms with Gasteiger partial charge in [0.2, 0.25) is 0 Å². The van der Waals surface area contributed by atoms with Gasteiger partial charge in [0.25, 0.3) is 0 Å². The summed E-state index contributed by atoms with van der Waals surface area (Å²) in [5.74, 6) is 0. The summed E-state index contributed by atoms with van der Waals surface area (Å²) in [6, 6.07) is 0. The molecule has 0 amide bonds. The number of hydrogen-bond acceptors (Lipinski definition) is 16. The average Bonchev–Trinajstić information content (AvgIpc) is 2.84. The number of rotatable bonds is 11. The van der Waals surface area contributed by atoms with Gasteiger partial charge in [-0.3, -0.25) is 0 Å². The molecule has 12 N–H and O–H groups in total. The van der Waals surface area contributed by atoms with Crippen LogP contribution in [0.15, 0.2) is 0 Å². The van der Waals surface area contributed by atoms with Crippen LogP contribution in [0.4, 0.5) is 0 Å². The van der Waals surface area contributed by atoms with Crippen LogP contribution < -0.4 is 0 Å². The zero-order chi connectivity index (χ0) is 25.7. The fourth-order valence-electron chi connectivity index (χ4n) is 3.65. The second-order valence-corrected chi connectivity index (χ2v) is 8.10. The molecule has 0 spiro atoms. The Kier molecular flexibility index (Phi) is 11.4. The lowest BCUT2D eigenvalue weighted by atomic mass is 9.96. The molecule has 0 radical (unpaired) electrons. The third kappa shape index (κ3) is 6.37.